The van der Waals surface area contributed by atoms with Crippen LogP contribution in [0.25, 0.3) is 0 Å². The Hall–Kier alpha value is -0.830. The molecule has 0 saturated carbocycles. The van der Waals surface area contributed by atoms with Crippen LogP contribution in [-0.4, -0.2) is 10.3 Å². The Kier molecular flexibility index (Phi) is 2.06. The third-order valence-corrected chi connectivity index (χ3v) is 1.55. The normalized spacial score (nSPS) is 10.3. The molecule has 0 unspecified atom stereocenters. The minimum atomic E-state index is 0.0263. The van der Waals surface area contributed by atoms with Crippen molar-refractivity contribution in [2.75, 3.05) is 0 Å². The van der Waals surface area contributed by atoms with Crippen LogP contribution in [0.4, 0.5) is 0 Å². The van der Waals surface area contributed by atoms with Gasteiger partial charge in [0.15, 0.2) is 0 Å². The van der Waals surface area contributed by atoms with Crippen molar-refractivity contribution in [1.82, 2.24) is 5.16 Å². The van der Waals surface area contributed by atoms with E-state index in [1.54, 1.807) is 0 Å². The first-order chi connectivity index (χ1) is 4.79. The van der Waals surface area contributed by atoms with Gasteiger partial charge in [0.25, 0.3) is 0 Å². The van der Waals surface area contributed by atoms with E-state index in [1.807, 2.05) is 13.8 Å². The highest BCUT2D eigenvalue weighted by molar-refractivity contribution is 5.20. The number of aryl methyl sites for hydroxylation is 2. The summed E-state index contributed by atoms with van der Waals surface area (Å²) in [5.41, 5.74) is 1.63. The number of aliphatic hydroxyl groups excluding tert-OH is 1. The highest BCUT2D eigenvalue weighted by atomic mass is 16.5. The fourth-order valence-corrected chi connectivity index (χ4v) is 0.916. The molecule has 56 valence electrons. The van der Waals surface area contributed by atoms with E-state index in [9.17, 15) is 0 Å². The molecule has 0 aliphatic carbocycles. The van der Waals surface area contributed by atoms with Crippen molar-refractivity contribution in [3.05, 3.63) is 17.0 Å². The predicted molar refractivity (Wildman–Crippen MR) is 36.5 cm³/mol. The van der Waals surface area contributed by atoms with Gasteiger partial charge in [-0.3, -0.25) is 0 Å². The van der Waals surface area contributed by atoms with Crippen molar-refractivity contribution in [2.24, 2.45) is 0 Å². The quantitative estimate of drug-likeness (QED) is 0.669. The van der Waals surface area contributed by atoms with Crippen molar-refractivity contribution in [1.29, 1.82) is 0 Å². The number of aliphatic hydroxyl groups is 1. The van der Waals surface area contributed by atoms with Gasteiger partial charge in [-0.05, 0) is 6.92 Å². The van der Waals surface area contributed by atoms with Crippen LogP contribution in [0.15, 0.2) is 4.52 Å². The molecular formula is C7H11NO2. The van der Waals surface area contributed by atoms with Crippen LogP contribution in [0.2, 0.25) is 0 Å². The average molecular weight is 141 g/mol. The fourth-order valence-electron chi connectivity index (χ4n) is 0.916. The second kappa shape index (κ2) is 2.84. The molecule has 0 aliphatic rings. The van der Waals surface area contributed by atoms with E-state index in [0.29, 0.717) is 0 Å². The van der Waals surface area contributed by atoms with Gasteiger partial charge in [-0.15, -0.1) is 0 Å². The van der Waals surface area contributed by atoms with E-state index in [0.717, 1.165) is 23.4 Å². The van der Waals surface area contributed by atoms with Gasteiger partial charge in [0, 0.05) is 12.0 Å². The number of nitrogens with zero attached hydrogens (tertiary/aromatic N) is 1. The highest BCUT2D eigenvalue weighted by Gasteiger charge is 2.08. The summed E-state index contributed by atoms with van der Waals surface area (Å²) in [4.78, 5) is 0. The molecule has 0 aromatic carbocycles. The number of rotatable bonds is 2. The lowest BCUT2D eigenvalue weighted by Crippen LogP contribution is -1.88. The Morgan fingerprint density at radius 3 is 2.70 bits per heavy atom. The van der Waals surface area contributed by atoms with E-state index in [4.69, 9.17) is 9.63 Å². The summed E-state index contributed by atoms with van der Waals surface area (Å²) >= 11 is 0. The highest BCUT2D eigenvalue weighted by Crippen LogP contribution is 2.12. The summed E-state index contributed by atoms with van der Waals surface area (Å²) < 4.78 is 4.93. The Morgan fingerprint density at radius 1 is 1.60 bits per heavy atom. The van der Waals surface area contributed by atoms with Gasteiger partial charge in [0.2, 0.25) is 0 Å². The van der Waals surface area contributed by atoms with Crippen LogP contribution >= 0.6 is 0 Å². The van der Waals surface area contributed by atoms with Crippen LogP contribution in [0.5, 0.6) is 0 Å². The molecule has 1 heterocycles. The predicted octanol–water partition coefficient (Wildman–Crippen LogP) is 1.04. The Morgan fingerprint density at radius 2 is 2.30 bits per heavy atom. The lowest BCUT2D eigenvalue weighted by atomic mass is 10.2. The standard InChI is InChI=1S/C7H11NO2/c1-3-7-6(4-9)5(2)8-10-7/h9H,3-4H2,1-2H3. The van der Waals surface area contributed by atoms with E-state index >= 15 is 0 Å². The maximum Gasteiger partial charge on any atom is 0.142 e. The van der Waals surface area contributed by atoms with E-state index in [-0.39, 0.29) is 6.61 Å². The molecule has 0 amide bonds. The lowest BCUT2D eigenvalue weighted by molar-refractivity contribution is 0.277. The molecule has 0 bridgehead atoms. The molecule has 10 heavy (non-hydrogen) atoms. The third-order valence-electron chi connectivity index (χ3n) is 1.55. The van der Waals surface area contributed by atoms with Crippen molar-refractivity contribution < 1.29 is 9.63 Å². The maximum absolute atomic E-state index is 8.82. The van der Waals surface area contributed by atoms with E-state index < -0.39 is 0 Å². The molecular weight excluding hydrogens is 130 g/mol. The zero-order valence-electron chi connectivity index (χ0n) is 6.22. The first-order valence-electron chi connectivity index (χ1n) is 3.34. The van der Waals surface area contributed by atoms with Crippen LogP contribution in [0, 0.1) is 6.92 Å². The monoisotopic (exact) mass is 141 g/mol. The molecule has 0 radical (unpaired) electrons. The van der Waals surface area contributed by atoms with Crippen molar-refractivity contribution in [3.63, 3.8) is 0 Å². The molecule has 0 atom stereocenters. The first-order valence-corrected chi connectivity index (χ1v) is 3.34. The lowest BCUT2D eigenvalue weighted by Gasteiger charge is -1.91. The van der Waals surface area contributed by atoms with Crippen molar-refractivity contribution in [2.45, 2.75) is 26.9 Å². The molecule has 1 aromatic heterocycles. The second-order valence-corrected chi connectivity index (χ2v) is 2.18. The molecule has 0 spiro atoms. The minimum absolute atomic E-state index is 0.0263. The summed E-state index contributed by atoms with van der Waals surface area (Å²) in [6.45, 7) is 3.83. The van der Waals surface area contributed by atoms with E-state index in [2.05, 4.69) is 5.16 Å². The van der Waals surface area contributed by atoms with Gasteiger partial charge in [0.1, 0.15) is 5.76 Å². The smallest absolute Gasteiger partial charge is 0.142 e. The number of hydrogen-bond donors (Lipinski definition) is 1. The molecule has 1 rings (SSSR count). The van der Waals surface area contributed by atoms with Crippen molar-refractivity contribution >= 4 is 0 Å². The Bertz CT molecular complexity index is 217. The van der Waals surface area contributed by atoms with Crippen LogP contribution in [0.3, 0.4) is 0 Å². The van der Waals surface area contributed by atoms with Crippen LogP contribution in [-0.2, 0) is 13.0 Å². The maximum atomic E-state index is 8.82. The molecule has 0 aliphatic heterocycles. The molecule has 0 fully saturated rings. The summed E-state index contributed by atoms with van der Waals surface area (Å²) in [6, 6.07) is 0. The SMILES string of the molecule is CCc1onc(C)c1CO. The van der Waals surface area contributed by atoms with Crippen molar-refractivity contribution in [3.8, 4) is 0 Å². The van der Waals surface area contributed by atoms with Gasteiger partial charge >= 0.3 is 0 Å². The largest absolute Gasteiger partial charge is 0.391 e. The number of hydrogen-bond acceptors (Lipinski definition) is 3. The molecule has 0 saturated heterocycles. The topological polar surface area (TPSA) is 46.3 Å². The molecule has 3 nitrogen and oxygen atoms in total. The molecule has 1 N–H and O–H groups in total. The Balaban J connectivity index is 3.01. The van der Waals surface area contributed by atoms with Crippen LogP contribution < -0.4 is 0 Å². The van der Waals surface area contributed by atoms with Gasteiger partial charge < -0.3 is 9.63 Å². The number of aromatic nitrogens is 1. The van der Waals surface area contributed by atoms with Gasteiger partial charge in [0.05, 0.1) is 12.3 Å². The van der Waals surface area contributed by atoms with Crippen LogP contribution in [0.1, 0.15) is 23.9 Å². The fraction of sp³-hybridized carbons (Fsp3) is 0.571. The van der Waals surface area contributed by atoms with Gasteiger partial charge in [-0.2, -0.15) is 0 Å². The minimum Gasteiger partial charge on any atom is -0.391 e. The summed E-state index contributed by atoms with van der Waals surface area (Å²) in [5, 5.41) is 12.5. The third kappa shape index (κ3) is 1.04. The Labute approximate surface area is 59.7 Å². The second-order valence-electron chi connectivity index (χ2n) is 2.18. The zero-order chi connectivity index (χ0) is 7.56. The van der Waals surface area contributed by atoms with Gasteiger partial charge in [-0.25, -0.2) is 0 Å². The van der Waals surface area contributed by atoms with Gasteiger partial charge in [-0.1, -0.05) is 12.1 Å². The summed E-state index contributed by atoms with van der Waals surface area (Å²) in [6.07, 6.45) is 0.788. The summed E-state index contributed by atoms with van der Waals surface area (Å²) in [7, 11) is 0. The molecule has 3 heteroatoms. The van der Waals surface area contributed by atoms with E-state index in [1.165, 1.54) is 0 Å². The molecule has 1 aromatic rings. The summed E-state index contributed by atoms with van der Waals surface area (Å²) in [5.74, 6) is 0.792. The first kappa shape index (κ1) is 7.28. The zero-order valence-corrected chi connectivity index (χ0v) is 6.22. The average Bonchev–Trinajstić information content (AvgIpc) is 2.30.